The van der Waals surface area contributed by atoms with Gasteiger partial charge in [0.15, 0.2) is 0 Å². The molecule has 0 amide bonds. The minimum Gasteiger partial charge on any atom is -0.375 e. The van der Waals surface area contributed by atoms with Gasteiger partial charge in [0.05, 0.1) is 12.0 Å². The molecule has 84 valence electrons. The predicted molar refractivity (Wildman–Crippen MR) is 65.7 cm³/mol. The quantitative estimate of drug-likeness (QED) is 0.823. The Hall–Kier alpha value is -1.36. The number of thiazole rings is 1. The number of aryl methyl sites for hydroxylation is 2. The van der Waals surface area contributed by atoms with Crippen molar-refractivity contribution in [3.63, 3.8) is 0 Å². The summed E-state index contributed by atoms with van der Waals surface area (Å²) in [6.07, 6.45) is 7.38. The van der Waals surface area contributed by atoms with E-state index >= 15 is 0 Å². The number of nitrogens with one attached hydrogen (secondary N) is 1. The summed E-state index contributed by atoms with van der Waals surface area (Å²) < 4.78 is 1.95. The fourth-order valence-electron chi connectivity index (χ4n) is 1.91. The molecule has 1 aliphatic heterocycles. The van der Waals surface area contributed by atoms with E-state index in [0.29, 0.717) is 0 Å². The highest BCUT2D eigenvalue weighted by atomic mass is 32.1. The van der Waals surface area contributed by atoms with Crippen LogP contribution >= 0.6 is 11.3 Å². The van der Waals surface area contributed by atoms with E-state index in [-0.39, 0.29) is 0 Å². The lowest BCUT2D eigenvalue weighted by Gasteiger charge is -1.96. The average molecular weight is 234 g/mol. The van der Waals surface area contributed by atoms with Crippen molar-refractivity contribution in [2.24, 2.45) is 7.05 Å². The summed E-state index contributed by atoms with van der Waals surface area (Å²) >= 11 is 1.72. The molecule has 4 nitrogen and oxygen atoms in total. The van der Waals surface area contributed by atoms with Gasteiger partial charge in [0, 0.05) is 19.8 Å². The Labute approximate surface area is 98.4 Å². The Bertz CT molecular complexity index is 476. The molecule has 3 heterocycles. The van der Waals surface area contributed by atoms with Crippen LogP contribution in [0.15, 0.2) is 12.5 Å². The number of hydrogen-bond acceptors (Lipinski definition) is 4. The molecule has 0 atom stereocenters. The van der Waals surface area contributed by atoms with Gasteiger partial charge in [0.2, 0.25) is 0 Å². The van der Waals surface area contributed by atoms with Crippen LogP contribution in [0.2, 0.25) is 0 Å². The van der Waals surface area contributed by atoms with Crippen molar-refractivity contribution in [3.05, 3.63) is 18.2 Å². The monoisotopic (exact) mass is 234 g/mol. The van der Waals surface area contributed by atoms with E-state index in [9.17, 15) is 0 Å². The van der Waals surface area contributed by atoms with Crippen molar-refractivity contribution in [2.45, 2.75) is 19.3 Å². The van der Waals surface area contributed by atoms with E-state index in [1.807, 2.05) is 24.1 Å². The van der Waals surface area contributed by atoms with Gasteiger partial charge in [0.1, 0.15) is 15.7 Å². The summed E-state index contributed by atoms with van der Waals surface area (Å²) in [4.78, 5) is 9.01. The van der Waals surface area contributed by atoms with Crippen LogP contribution in [0.3, 0.4) is 0 Å². The molecule has 3 rings (SSSR count). The SMILES string of the molecule is Cn1cnc(-c2nc3c(s2)NCCCC3)c1. The first-order chi connectivity index (χ1) is 7.83. The number of hydrogen-bond donors (Lipinski definition) is 1. The lowest BCUT2D eigenvalue weighted by atomic mass is 10.2. The van der Waals surface area contributed by atoms with Crippen LogP contribution in [-0.4, -0.2) is 21.1 Å². The van der Waals surface area contributed by atoms with Crippen molar-refractivity contribution in [2.75, 3.05) is 11.9 Å². The standard InChI is InChI=1S/C11H14N4S/c1-15-6-9(13-7-15)11-14-8-4-2-3-5-12-10(8)16-11/h6-7,12H,2-5H2,1H3. The highest BCUT2D eigenvalue weighted by Gasteiger charge is 2.15. The van der Waals surface area contributed by atoms with Crippen molar-refractivity contribution in [3.8, 4) is 10.7 Å². The van der Waals surface area contributed by atoms with E-state index in [0.717, 1.165) is 23.7 Å². The van der Waals surface area contributed by atoms with Crippen molar-refractivity contribution in [1.82, 2.24) is 14.5 Å². The molecule has 0 aliphatic carbocycles. The molecule has 0 bridgehead atoms. The fourth-order valence-corrected chi connectivity index (χ4v) is 2.91. The largest absolute Gasteiger partial charge is 0.375 e. The molecule has 2 aromatic heterocycles. The molecule has 5 heteroatoms. The zero-order chi connectivity index (χ0) is 11.0. The molecule has 0 aromatic carbocycles. The number of fused-ring (bicyclic) bond motifs is 1. The zero-order valence-corrected chi connectivity index (χ0v) is 10.0. The van der Waals surface area contributed by atoms with Crippen molar-refractivity contribution < 1.29 is 0 Å². The van der Waals surface area contributed by atoms with Gasteiger partial charge in [0.25, 0.3) is 0 Å². The van der Waals surface area contributed by atoms with Crippen LogP contribution < -0.4 is 5.32 Å². The van der Waals surface area contributed by atoms with Crippen LogP contribution in [0, 0.1) is 0 Å². The lowest BCUT2D eigenvalue weighted by molar-refractivity contribution is 0.775. The maximum atomic E-state index is 4.67. The minimum absolute atomic E-state index is 0.974. The summed E-state index contributed by atoms with van der Waals surface area (Å²) in [6.45, 7) is 1.07. The van der Waals surface area contributed by atoms with Gasteiger partial charge in [-0.15, -0.1) is 0 Å². The first-order valence-electron chi connectivity index (χ1n) is 5.55. The number of rotatable bonds is 1. The number of nitrogens with zero attached hydrogens (tertiary/aromatic N) is 3. The third-order valence-electron chi connectivity index (χ3n) is 2.75. The van der Waals surface area contributed by atoms with E-state index in [1.54, 1.807) is 11.3 Å². The second-order valence-corrected chi connectivity index (χ2v) is 5.10. The number of imidazole rings is 1. The molecule has 16 heavy (non-hydrogen) atoms. The summed E-state index contributed by atoms with van der Waals surface area (Å²) in [5.41, 5.74) is 2.19. The molecule has 0 unspecified atom stereocenters. The first kappa shape index (κ1) is 9.84. The molecule has 0 spiro atoms. The van der Waals surface area contributed by atoms with Crippen LogP contribution in [0.1, 0.15) is 18.5 Å². The topological polar surface area (TPSA) is 42.7 Å². The predicted octanol–water partition coefficient (Wildman–Crippen LogP) is 2.29. The molecule has 0 radical (unpaired) electrons. The van der Waals surface area contributed by atoms with Gasteiger partial charge in [-0.25, -0.2) is 9.97 Å². The lowest BCUT2D eigenvalue weighted by Crippen LogP contribution is -1.96. The average Bonchev–Trinajstić information content (AvgIpc) is 2.81. The second-order valence-electron chi connectivity index (χ2n) is 4.10. The van der Waals surface area contributed by atoms with Crippen molar-refractivity contribution >= 4 is 16.3 Å². The maximum absolute atomic E-state index is 4.67. The van der Waals surface area contributed by atoms with Gasteiger partial charge in [-0.05, 0) is 19.3 Å². The summed E-state index contributed by atoms with van der Waals surface area (Å²) in [6, 6.07) is 0. The maximum Gasteiger partial charge on any atom is 0.145 e. The Balaban J connectivity index is 1.98. The molecule has 2 aromatic rings. The Morgan fingerprint density at radius 2 is 2.38 bits per heavy atom. The molecule has 0 fully saturated rings. The van der Waals surface area contributed by atoms with Gasteiger partial charge < -0.3 is 9.88 Å². The zero-order valence-electron chi connectivity index (χ0n) is 9.23. The molecule has 0 saturated carbocycles. The second kappa shape index (κ2) is 3.90. The van der Waals surface area contributed by atoms with Crippen LogP contribution in [-0.2, 0) is 13.5 Å². The minimum atomic E-state index is 0.974. The van der Waals surface area contributed by atoms with Crippen LogP contribution in [0.4, 0.5) is 5.00 Å². The highest BCUT2D eigenvalue weighted by Crippen LogP contribution is 2.33. The fraction of sp³-hybridized carbons (Fsp3) is 0.455. The van der Waals surface area contributed by atoms with Gasteiger partial charge in [-0.1, -0.05) is 11.3 Å². The van der Waals surface area contributed by atoms with E-state index in [4.69, 9.17) is 0 Å². The van der Waals surface area contributed by atoms with Crippen molar-refractivity contribution in [1.29, 1.82) is 0 Å². The molecular weight excluding hydrogens is 220 g/mol. The number of anilines is 1. The normalized spacial score (nSPS) is 15.3. The Kier molecular flexibility index (Phi) is 2.40. The van der Waals surface area contributed by atoms with E-state index in [1.165, 1.54) is 23.5 Å². The first-order valence-corrected chi connectivity index (χ1v) is 6.36. The van der Waals surface area contributed by atoms with E-state index in [2.05, 4.69) is 15.3 Å². The third-order valence-corrected chi connectivity index (χ3v) is 3.83. The Morgan fingerprint density at radius 3 is 3.19 bits per heavy atom. The summed E-state index contributed by atoms with van der Waals surface area (Å²) in [5, 5.41) is 5.71. The molecular formula is C11H14N4S. The number of aromatic nitrogens is 3. The third kappa shape index (κ3) is 1.71. The smallest absolute Gasteiger partial charge is 0.145 e. The summed E-state index contributed by atoms with van der Waals surface area (Å²) in [5.74, 6) is 0. The Morgan fingerprint density at radius 1 is 1.44 bits per heavy atom. The van der Waals surface area contributed by atoms with Crippen LogP contribution in [0.5, 0.6) is 0 Å². The van der Waals surface area contributed by atoms with Gasteiger partial charge in [-0.2, -0.15) is 0 Å². The van der Waals surface area contributed by atoms with Gasteiger partial charge >= 0.3 is 0 Å². The molecule has 0 saturated heterocycles. The van der Waals surface area contributed by atoms with E-state index < -0.39 is 0 Å². The van der Waals surface area contributed by atoms with Gasteiger partial charge in [-0.3, -0.25) is 0 Å². The molecule has 1 aliphatic rings. The highest BCUT2D eigenvalue weighted by molar-refractivity contribution is 7.19. The van der Waals surface area contributed by atoms with Crippen LogP contribution in [0.25, 0.3) is 10.7 Å². The summed E-state index contributed by atoms with van der Waals surface area (Å²) in [7, 11) is 1.98. The molecule has 1 N–H and O–H groups in total.